The van der Waals surface area contributed by atoms with Gasteiger partial charge in [-0.2, -0.15) is 0 Å². The van der Waals surface area contributed by atoms with E-state index in [1.807, 2.05) is 54.6 Å². The minimum atomic E-state index is -0.329. The second kappa shape index (κ2) is 7.97. The Bertz CT molecular complexity index is 915. The lowest BCUT2D eigenvalue weighted by molar-refractivity contribution is -0.143. The average Bonchev–Trinajstić information content (AvgIpc) is 3.02. The van der Waals surface area contributed by atoms with Crippen LogP contribution in [0.2, 0.25) is 0 Å². The predicted molar refractivity (Wildman–Crippen MR) is 102 cm³/mol. The zero-order valence-electron chi connectivity index (χ0n) is 15.0. The number of nitrogens with one attached hydrogen (secondary N) is 1. The monoisotopic (exact) mass is 350 g/mol. The number of carbonyl (C=O) groups excluding carboxylic acids is 2. The van der Waals surface area contributed by atoms with E-state index in [0.29, 0.717) is 12.2 Å². The lowest BCUT2D eigenvalue weighted by Crippen LogP contribution is -2.32. The third kappa shape index (κ3) is 3.83. The van der Waals surface area contributed by atoms with Crippen molar-refractivity contribution >= 4 is 22.7 Å². The zero-order valence-corrected chi connectivity index (χ0v) is 15.0. The molecule has 1 heterocycles. The van der Waals surface area contributed by atoms with Crippen LogP contribution >= 0.6 is 0 Å². The number of hydrogen-bond donors (Lipinski definition) is 1. The summed E-state index contributed by atoms with van der Waals surface area (Å²) >= 11 is 0. The Kier molecular flexibility index (Phi) is 5.49. The molecule has 0 unspecified atom stereocenters. The van der Waals surface area contributed by atoms with Gasteiger partial charge in [0.05, 0.1) is 31.0 Å². The van der Waals surface area contributed by atoms with Crippen molar-refractivity contribution in [3.05, 3.63) is 60.2 Å². The fraction of sp³-hybridized carbons (Fsp3) is 0.238. The van der Waals surface area contributed by atoms with Gasteiger partial charge in [0.1, 0.15) is 0 Å². The highest BCUT2D eigenvalue weighted by molar-refractivity contribution is 6.14. The van der Waals surface area contributed by atoms with Crippen LogP contribution in [-0.4, -0.2) is 48.4 Å². The summed E-state index contributed by atoms with van der Waals surface area (Å²) in [6.07, 6.45) is 0. The van der Waals surface area contributed by atoms with Crippen LogP contribution in [0.5, 0.6) is 0 Å². The van der Waals surface area contributed by atoms with Crippen molar-refractivity contribution in [3.8, 4) is 11.3 Å². The van der Waals surface area contributed by atoms with Crippen LogP contribution in [0.15, 0.2) is 54.6 Å². The lowest BCUT2D eigenvalue weighted by atomic mass is 10.0. The number of Topliss-reactive ketones (excluding diaryl/α,β-unsaturated/α-hetero) is 1. The van der Waals surface area contributed by atoms with Gasteiger partial charge in [-0.3, -0.25) is 14.5 Å². The van der Waals surface area contributed by atoms with Gasteiger partial charge < -0.3 is 9.72 Å². The molecule has 0 radical (unpaired) electrons. The van der Waals surface area contributed by atoms with Crippen molar-refractivity contribution in [1.82, 2.24) is 9.88 Å². The summed E-state index contributed by atoms with van der Waals surface area (Å²) in [5, 5.41) is 0.890. The predicted octanol–water partition coefficient (Wildman–Crippen LogP) is 3.51. The second-order valence-corrected chi connectivity index (χ2v) is 6.19. The summed E-state index contributed by atoms with van der Waals surface area (Å²) in [6, 6.07) is 17.6. The molecular weight excluding hydrogens is 328 g/mol. The van der Waals surface area contributed by atoms with Crippen LogP contribution in [0.3, 0.4) is 0 Å². The smallest absolute Gasteiger partial charge is 0.320 e. The van der Waals surface area contributed by atoms with Gasteiger partial charge in [0.25, 0.3) is 0 Å². The maximum absolute atomic E-state index is 13.0. The molecule has 0 aliphatic heterocycles. The molecule has 3 aromatic rings. The Labute approximate surface area is 152 Å². The number of ether oxygens (including phenoxy) is 1. The zero-order chi connectivity index (χ0) is 18.5. The molecule has 134 valence electrons. The number of para-hydroxylation sites is 1. The van der Waals surface area contributed by atoms with E-state index in [9.17, 15) is 9.59 Å². The van der Waals surface area contributed by atoms with Crippen LogP contribution < -0.4 is 0 Å². The number of aromatic nitrogens is 1. The molecule has 2 aromatic carbocycles. The fourth-order valence-electron chi connectivity index (χ4n) is 3.06. The van der Waals surface area contributed by atoms with Crippen molar-refractivity contribution < 1.29 is 14.3 Å². The number of aromatic amines is 1. The molecular formula is C21H22N2O3. The van der Waals surface area contributed by atoms with E-state index in [4.69, 9.17) is 4.74 Å². The fourth-order valence-corrected chi connectivity index (χ4v) is 3.06. The third-order valence-corrected chi connectivity index (χ3v) is 4.17. The van der Waals surface area contributed by atoms with Crippen molar-refractivity contribution in [1.29, 1.82) is 0 Å². The molecule has 5 nitrogen and oxygen atoms in total. The SMILES string of the molecule is CCOC(=O)CN(C)CC(=O)c1c(-c2ccccc2)[nH]c2ccccc12. The number of rotatable bonds is 7. The second-order valence-electron chi connectivity index (χ2n) is 6.19. The van der Waals surface area contributed by atoms with E-state index in [2.05, 4.69) is 4.98 Å². The maximum atomic E-state index is 13.0. The molecule has 0 saturated carbocycles. The molecule has 0 spiro atoms. The number of benzene rings is 2. The minimum Gasteiger partial charge on any atom is -0.465 e. The minimum absolute atomic E-state index is 0.0342. The first kappa shape index (κ1) is 17.9. The summed E-state index contributed by atoms with van der Waals surface area (Å²) in [6.45, 7) is 2.32. The number of fused-ring (bicyclic) bond motifs is 1. The summed E-state index contributed by atoms with van der Waals surface area (Å²) in [4.78, 5) is 29.7. The van der Waals surface area contributed by atoms with E-state index >= 15 is 0 Å². The Morgan fingerprint density at radius 2 is 1.69 bits per heavy atom. The van der Waals surface area contributed by atoms with Gasteiger partial charge in [0, 0.05) is 10.9 Å². The van der Waals surface area contributed by atoms with Crippen molar-refractivity contribution in [2.45, 2.75) is 6.92 Å². The molecule has 1 N–H and O–H groups in total. The third-order valence-electron chi connectivity index (χ3n) is 4.17. The Morgan fingerprint density at radius 1 is 1.00 bits per heavy atom. The number of ketones is 1. The van der Waals surface area contributed by atoms with E-state index in [-0.39, 0.29) is 24.8 Å². The summed E-state index contributed by atoms with van der Waals surface area (Å²) < 4.78 is 4.95. The molecule has 0 aliphatic rings. The highest BCUT2D eigenvalue weighted by atomic mass is 16.5. The number of likely N-dealkylation sites (N-methyl/N-ethyl adjacent to an activating group) is 1. The van der Waals surface area contributed by atoms with Crippen molar-refractivity contribution in [2.24, 2.45) is 0 Å². The Hall–Kier alpha value is -2.92. The normalized spacial score (nSPS) is 11.0. The first-order valence-corrected chi connectivity index (χ1v) is 8.63. The van der Waals surface area contributed by atoms with Gasteiger partial charge in [-0.05, 0) is 25.6 Å². The molecule has 0 aliphatic carbocycles. The van der Waals surface area contributed by atoms with Crippen LogP contribution in [0, 0.1) is 0 Å². The van der Waals surface area contributed by atoms with Gasteiger partial charge in [0.15, 0.2) is 5.78 Å². The van der Waals surface area contributed by atoms with Crippen LogP contribution in [0.25, 0.3) is 22.2 Å². The highest BCUT2D eigenvalue weighted by Crippen LogP contribution is 2.30. The van der Waals surface area contributed by atoms with Crippen LogP contribution in [0.1, 0.15) is 17.3 Å². The molecule has 0 atom stereocenters. The van der Waals surface area contributed by atoms with Gasteiger partial charge in [-0.1, -0.05) is 48.5 Å². The van der Waals surface area contributed by atoms with Crippen LogP contribution in [0.4, 0.5) is 0 Å². The Balaban J connectivity index is 1.93. The van der Waals surface area contributed by atoms with Crippen LogP contribution in [-0.2, 0) is 9.53 Å². The van der Waals surface area contributed by atoms with E-state index in [1.54, 1.807) is 18.9 Å². The number of esters is 1. The molecule has 5 heteroatoms. The van der Waals surface area contributed by atoms with E-state index < -0.39 is 0 Å². The molecule has 0 amide bonds. The average molecular weight is 350 g/mol. The van der Waals surface area contributed by atoms with E-state index in [1.165, 1.54) is 0 Å². The highest BCUT2D eigenvalue weighted by Gasteiger charge is 2.21. The molecule has 0 saturated heterocycles. The number of hydrogen-bond acceptors (Lipinski definition) is 4. The Morgan fingerprint density at radius 3 is 2.42 bits per heavy atom. The first-order valence-electron chi connectivity index (χ1n) is 8.63. The van der Waals surface area contributed by atoms with Gasteiger partial charge in [0.2, 0.25) is 0 Å². The quantitative estimate of drug-likeness (QED) is 0.523. The number of H-pyrrole nitrogens is 1. The summed E-state index contributed by atoms with van der Waals surface area (Å²) in [7, 11) is 1.74. The largest absolute Gasteiger partial charge is 0.465 e. The first-order chi connectivity index (χ1) is 12.6. The number of carbonyl (C=O) groups is 2. The van der Waals surface area contributed by atoms with Gasteiger partial charge >= 0.3 is 5.97 Å². The molecule has 0 bridgehead atoms. The van der Waals surface area contributed by atoms with Gasteiger partial charge in [-0.25, -0.2) is 0 Å². The van der Waals surface area contributed by atoms with Gasteiger partial charge in [-0.15, -0.1) is 0 Å². The maximum Gasteiger partial charge on any atom is 0.320 e. The lowest BCUT2D eigenvalue weighted by Gasteiger charge is -2.15. The topological polar surface area (TPSA) is 62.4 Å². The molecule has 3 rings (SSSR count). The number of nitrogens with zero attached hydrogens (tertiary/aromatic N) is 1. The van der Waals surface area contributed by atoms with E-state index in [0.717, 1.165) is 22.2 Å². The molecule has 26 heavy (non-hydrogen) atoms. The van der Waals surface area contributed by atoms with Crippen molar-refractivity contribution in [2.75, 3.05) is 26.7 Å². The summed E-state index contributed by atoms with van der Waals surface area (Å²) in [5.74, 6) is -0.363. The summed E-state index contributed by atoms with van der Waals surface area (Å²) in [5.41, 5.74) is 3.34. The standard InChI is InChI=1S/C21H22N2O3/c1-3-26-19(25)14-23(2)13-18(24)20-16-11-7-8-12-17(16)22-21(20)15-9-5-4-6-10-15/h4-12,22H,3,13-14H2,1-2H3. The molecule has 0 fully saturated rings. The van der Waals surface area contributed by atoms with Crippen molar-refractivity contribution in [3.63, 3.8) is 0 Å². The molecule has 1 aromatic heterocycles.